The van der Waals surface area contributed by atoms with Crippen molar-refractivity contribution in [1.29, 1.82) is 0 Å². The van der Waals surface area contributed by atoms with Crippen molar-refractivity contribution in [2.45, 2.75) is 19.8 Å². The summed E-state index contributed by atoms with van der Waals surface area (Å²) in [7, 11) is 1.64. The summed E-state index contributed by atoms with van der Waals surface area (Å²) in [5.41, 5.74) is 3.83. The number of hydrogen-bond donors (Lipinski definition) is 1. The van der Waals surface area contributed by atoms with Gasteiger partial charge in [-0.2, -0.15) is 0 Å². The van der Waals surface area contributed by atoms with Gasteiger partial charge < -0.3 is 5.32 Å². The van der Waals surface area contributed by atoms with Gasteiger partial charge >= 0.3 is 0 Å². The van der Waals surface area contributed by atoms with Crippen LogP contribution >= 0.6 is 0 Å². The second kappa shape index (κ2) is 5.65. The maximum Gasteiger partial charge on any atom is 0.251 e. The van der Waals surface area contributed by atoms with Crippen molar-refractivity contribution >= 4 is 5.91 Å². The second-order valence-corrected chi connectivity index (χ2v) is 4.75. The largest absolute Gasteiger partial charge is 0.355 e. The van der Waals surface area contributed by atoms with Gasteiger partial charge in [-0.3, -0.25) is 9.78 Å². The van der Waals surface area contributed by atoms with Crippen LogP contribution in [0.1, 0.15) is 35.8 Å². The number of nitrogens with one attached hydrogen (secondary N) is 1. The first-order valence-electron chi connectivity index (χ1n) is 6.41. The van der Waals surface area contributed by atoms with Gasteiger partial charge in [0.2, 0.25) is 0 Å². The number of pyridine rings is 1. The maximum atomic E-state index is 11.7. The Hall–Kier alpha value is -2.16. The molecule has 1 heterocycles. The number of carbonyl (C=O) groups excluding carboxylic acids is 1. The Morgan fingerprint density at radius 1 is 1.21 bits per heavy atom. The van der Waals surface area contributed by atoms with Gasteiger partial charge in [-0.1, -0.05) is 32.0 Å². The van der Waals surface area contributed by atoms with E-state index < -0.39 is 0 Å². The number of hydrogen-bond acceptors (Lipinski definition) is 2. The van der Waals surface area contributed by atoms with E-state index in [0.29, 0.717) is 11.5 Å². The Labute approximate surface area is 113 Å². The van der Waals surface area contributed by atoms with Gasteiger partial charge in [0.1, 0.15) is 0 Å². The lowest BCUT2D eigenvalue weighted by Crippen LogP contribution is -2.17. The quantitative estimate of drug-likeness (QED) is 0.913. The molecule has 0 radical (unpaired) electrons. The molecule has 0 fully saturated rings. The molecule has 3 heteroatoms. The van der Waals surface area contributed by atoms with Crippen molar-refractivity contribution in [2.24, 2.45) is 0 Å². The number of aromatic nitrogens is 1. The molecule has 0 spiro atoms. The van der Waals surface area contributed by atoms with Crippen LogP contribution in [0.4, 0.5) is 0 Å². The highest BCUT2D eigenvalue weighted by Crippen LogP contribution is 2.27. The molecule has 2 rings (SSSR count). The van der Waals surface area contributed by atoms with Crippen LogP contribution in [0, 0.1) is 0 Å². The van der Waals surface area contributed by atoms with Crippen LogP contribution in [0.2, 0.25) is 0 Å². The van der Waals surface area contributed by atoms with Gasteiger partial charge in [-0.05, 0) is 29.7 Å². The SMILES string of the molecule is CNC(=O)c1cccc(-c2cccnc2C(C)C)c1. The van der Waals surface area contributed by atoms with Crippen molar-refractivity contribution in [2.75, 3.05) is 7.05 Å². The van der Waals surface area contributed by atoms with E-state index in [1.165, 1.54) is 0 Å². The number of benzene rings is 1. The lowest BCUT2D eigenvalue weighted by Gasteiger charge is -2.12. The number of carbonyl (C=O) groups is 1. The first kappa shape index (κ1) is 13.3. The molecule has 0 saturated heterocycles. The molecule has 1 aromatic carbocycles. The van der Waals surface area contributed by atoms with Crippen LogP contribution in [0.25, 0.3) is 11.1 Å². The van der Waals surface area contributed by atoms with Gasteiger partial charge in [-0.25, -0.2) is 0 Å². The summed E-state index contributed by atoms with van der Waals surface area (Å²) < 4.78 is 0. The highest BCUT2D eigenvalue weighted by Gasteiger charge is 2.11. The standard InChI is InChI=1S/C16H18N2O/c1-11(2)15-14(8-5-9-18-15)12-6-4-7-13(10-12)16(19)17-3/h4-11H,1-3H3,(H,17,19). The monoisotopic (exact) mass is 254 g/mol. The van der Waals surface area contributed by atoms with Gasteiger partial charge in [-0.15, -0.1) is 0 Å². The van der Waals surface area contributed by atoms with Crippen molar-refractivity contribution in [1.82, 2.24) is 10.3 Å². The zero-order valence-corrected chi connectivity index (χ0v) is 11.5. The highest BCUT2D eigenvalue weighted by molar-refractivity contribution is 5.95. The predicted molar refractivity (Wildman–Crippen MR) is 77.2 cm³/mol. The normalized spacial score (nSPS) is 10.5. The minimum atomic E-state index is -0.0724. The molecule has 98 valence electrons. The van der Waals surface area contributed by atoms with E-state index in [9.17, 15) is 4.79 Å². The Morgan fingerprint density at radius 3 is 2.68 bits per heavy atom. The molecule has 3 nitrogen and oxygen atoms in total. The molecule has 2 aromatic rings. The summed E-state index contributed by atoms with van der Waals surface area (Å²) in [6, 6.07) is 11.6. The number of nitrogens with zero attached hydrogens (tertiary/aromatic N) is 1. The van der Waals surface area contributed by atoms with Crippen molar-refractivity contribution in [3.8, 4) is 11.1 Å². The minimum Gasteiger partial charge on any atom is -0.355 e. The summed E-state index contributed by atoms with van der Waals surface area (Å²) in [4.78, 5) is 16.1. The van der Waals surface area contributed by atoms with Gasteiger partial charge in [0.15, 0.2) is 0 Å². The Kier molecular flexibility index (Phi) is 3.95. The van der Waals surface area contributed by atoms with Crippen LogP contribution in [-0.4, -0.2) is 17.9 Å². The molecule has 0 unspecified atom stereocenters. The Morgan fingerprint density at radius 2 is 2.00 bits per heavy atom. The molecular formula is C16H18N2O. The maximum absolute atomic E-state index is 11.7. The van der Waals surface area contributed by atoms with Gasteiger partial charge in [0.25, 0.3) is 5.91 Å². The molecule has 1 aromatic heterocycles. The van der Waals surface area contributed by atoms with Gasteiger partial charge in [0, 0.05) is 24.4 Å². The zero-order chi connectivity index (χ0) is 13.8. The summed E-state index contributed by atoms with van der Waals surface area (Å²) in [6.45, 7) is 4.24. The second-order valence-electron chi connectivity index (χ2n) is 4.75. The third-order valence-corrected chi connectivity index (χ3v) is 3.05. The molecule has 0 aliphatic heterocycles. The lowest BCUT2D eigenvalue weighted by atomic mass is 9.96. The topological polar surface area (TPSA) is 42.0 Å². The smallest absolute Gasteiger partial charge is 0.251 e. The fourth-order valence-corrected chi connectivity index (χ4v) is 2.09. The molecule has 0 aliphatic rings. The first-order chi connectivity index (χ1) is 9.13. The molecule has 19 heavy (non-hydrogen) atoms. The number of rotatable bonds is 3. The van der Waals surface area contributed by atoms with E-state index in [0.717, 1.165) is 16.8 Å². The third kappa shape index (κ3) is 2.81. The molecule has 0 atom stereocenters. The molecule has 1 amide bonds. The zero-order valence-electron chi connectivity index (χ0n) is 11.5. The van der Waals surface area contributed by atoms with E-state index in [2.05, 4.69) is 24.1 Å². The molecular weight excluding hydrogens is 236 g/mol. The summed E-state index contributed by atoms with van der Waals surface area (Å²) in [5.74, 6) is 0.275. The molecule has 0 saturated carbocycles. The molecule has 1 N–H and O–H groups in total. The summed E-state index contributed by atoms with van der Waals surface area (Å²) in [6.07, 6.45) is 1.81. The van der Waals surface area contributed by atoms with E-state index in [4.69, 9.17) is 0 Å². The number of amides is 1. The third-order valence-electron chi connectivity index (χ3n) is 3.05. The van der Waals surface area contributed by atoms with Gasteiger partial charge in [0.05, 0.1) is 5.69 Å². The van der Waals surface area contributed by atoms with Crippen LogP contribution < -0.4 is 5.32 Å². The summed E-state index contributed by atoms with van der Waals surface area (Å²) >= 11 is 0. The predicted octanol–water partition coefficient (Wildman–Crippen LogP) is 3.23. The minimum absolute atomic E-state index is 0.0724. The average Bonchev–Trinajstić information content (AvgIpc) is 2.46. The Balaban J connectivity index is 2.51. The lowest BCUT2D eigenvalue weighted by molar-refractivity contribution is 0.0963. The van der Waals surface area contributed by atoms with Crippen molar-refractivity contribution < 1.29 is 4.79 Å². The van der Waals surface area contributed by atoms with E-state index >= 15 is 0 Å². The van der Waals surface area contributed by atoms with Crippen LogP contribution in [0.15, 0.2) is 42.6 Å². The first-order valence-corrected chi connectivity index (χ1v) is 6.41. The average molecular weight is 254 g/mol. The van der Waals surface area contributed by atoms with Crippen LogP contribution in [-0.2, 0) is 0 Å². The summed E-state index contributed by atoms with van der Waals surface area (Å²) in [5, 5.41) is 2.64. The van der Waals surface area contributed by atoms with E-state index in [-0.39, 0.29) is 5.91 Å². The molecule has 0 aliphatic carbocycles. The fraction of sp³-hybridized carbons (Fsp3) is 0.250. The van der Waals surface area contributed by atoms with Crippen molar-refractivity contribution in [3.05, 3.63) is 53.9 Å². The van der Waals surface area contributed by atoms with Crippen LogP contribution in [0.5, 0.6) is 0 Å². The Bertz CT molecular complexity index is 591. The van der Waals surface area contributed by atoms with E-state index in [1.54, 1.807) is 13.2 Å². The fourth-order valence-electron chi connectivity index (χ4n) is 2.09. The van der Waals surface area contributed by atoms with Crippen molar-refractivity contribution in [3.63, 3.8) is 0 Å². The van der Waals surface area contributed by atoms with Crippen LogP contribution in [0.3, 0.4) is 0 Å². The van der Waals surface area contributed by atoms with E-state index in [1.807, 2.05) is 36.4 Å². The molecule has 0 bridgehead atoms. The highest BCUT2D eigenvalue weighted by atomic mass is 16.1.